The summed E-state index contributed by atoms with van der Waals surface area (Å²) in [4.78, 5) is 36.6. The van der Waals surface area contributed by atoms with Gasteiger partial charge in [-0.3, -0.25) is 9.59 Å². The topological polar surface area (TPSA) is 105 Å². The van der Waals surface area contributed by atoms with Gasteiger partial charge in [-0.15, -0.1) is 0 Å². The van der Waals surface area contributed by atoms with Gasteiger partial charge in [-0.2, -0.15) is 0 Å². The highest BCUT2D eigenvalue weighted by Gasteiger charge is 2.33. The van der Waals surface area contributed by atoms with Crippen LogP contribution in [0.5, 0.6) is 0 Å². The van der Waals surface area contributed by atoms with Crippen molar-refractivity contribution in [2.45, 2.75) is 44.6 Å². The van der Waals surface area contributed by atoms with Gasteiger partial charge in [0.2, 0.25) is 5.91 Å². The molecule has 1 fully saturated rings. The minimum absolute atomic E-state index is 0.0594. The van der Waals surface area contributed by atoms with E-state index in [9.17, 15) is 19.5 Å². The van der Waals surface area contributed by atoms with Crippen LogP contribution in [-0.4, -0.2) is 42.3 Å². The van der Waals surface area contributed by atoms with Gasteiger partial charge in [-0.05, 0) is 47.4 Å². The van der Waals surface area contributed by atoms with Gasteiger partial charge in [0.25, 0.3) is 0 Å². The second-order valence-electron chi connectivity index (χ2n) is 8.81. The Balaban J connectivity index is 1.32. The molecule has 4 rings (SSSR count). The molecular formula is C26H30N2O5. The number of fused-ring (bicyclic) bond motifs is 3. The summed E-state index contributed by atoms with van der Waals surface area (Å²) in [6.07, 6.45) is 2.50. The maximum Gasteiger partial charge on any atom is 0.407 e. The molecule has 0 saturated heterocycles. The fourth-order valence-electron chi connectivity index (χ4n) is 4.77. The summed E-state index contributed by atoms with van der Waals surface area (Å²) in [5.41, 5.74) is 4.53. The number of carbonyl (C=O) groups is 3. The molecule has 0 radical (unpaired) electrons. The van der Waals surface area contributed by atoms with Crippen molar-refractivity contribution in [3.63, 3.8) is 0 Å². The molecule has 33 heavy (non-hydrogen) atoms. The number of hydrogen-bond acceptors (Lipinski definition) is 4. The van der Waals surface area contributed by atoms with E-state index in [0.717, 1.165) is 41.5 Å². The Morgan fingerprint density at radius 2 is 1.64 bits per heavy atom. The first-order valence-corrected chi connectivity index (χ1v) is 11.6. The molecule has 174 valence electrons. The molecule has 0 aliphatic heterocycles. The highest BCUT2D eigenvalue weighted by molar-refractivity contribution is 5.86. The van der Waals surface area contributed by atoms with Gasteiger partial charge in [0, 0.05) is 12.5 Å². The Morgan fingerprint density at radius 1 is 1.03 bits per heavy atom. The van der Waals surface area contributed by atoms with Crippen LogP contribution >= 0.6 is 0 Å². The van der Waals surface area contributed by atoms with Gasteiger partial charge in [-0.1, -0.05) is 61.9 Å². The SMILES string of the molecule is CCC(NC(=O)OCC1c2ccccc2-c2ccccc21)C(=O)NCC(C(=O)O)C1CCC1. The minimum atomic E-state index is -0.891. The maximum absolute atomic E-state index is 12.6. The third-order valence-electron chi connectivity index (χ3n) is 6.89. The van der Waals surface area contributed by atoms with Crippen LogP contribution in [0, 0.1) is 11.8 Å². The second kappa shape index (κ2) is 10.1. The summed E-state index contributed by atoms with van der Waals surface area (Å²) < 4.78 is 5.53. The quantitative estimate of drug-likeness (QED) is 0.537. The number of rotatable bonds is 9. The number of ether oxygens (including phenoxy) is 1. The summed E-state index contributed by atoms with van der Waals surface area (Å²) in [6, 6.07) is 15.4. The second-order valence-corrected chi connectivity index (χ2v) is 8.81. The summed E-state index contributed by atoms with van der Waals surface area (Å²) in [5, 5.41) is 14.8. The molecule has 2 aliphatic carbocycles. The van der Waals surface area contributed by atoms with E-state index >= 15 is 0 Å². The van der Waals surface area contributed by atoms with Gasteiger partial charge in [0.1, 0.15) is 12.6 Å². The fraction of sp³-hybridized carbons (Fsp3) is 0.423. The van der Waals surface area contributed by atoms with Crippen molar-refractivity contribution in [1.82, 2.24) is 10.6 Å². The zero-order chi connectivity index (χ0) is 23.4. The molecule has 0 spiro atoms. The van der Waals surface area contributed by atoms with Gasteiger partial charge in [0.15, 0.2) is 0 Å². The van der Waals surface area contributed by atoms with E-state index < -0.39 is 29.9 Å². The third kappa shape index (κ3) is 4.87. The van der Waals surface area contributed by atoms with E-state index in [4.69, 9.17) is 4.74 Å². The van der Waals surface area contributed by atoms with Gasteiger partial charge in [-0.25, -0.2) is 4.79 Å². The Hall–Kier alpha value is -3.35. The lowest BCUT2D eigenvalue weighted by Gasteiger charge is -2.31. The number of carboxylic acid groups (broad SMARTS) is 1. The van der Waals surface area contributed by atoms with Crippen LogP contribution in [-0.2, 0) is 14.3 Å². The van der Waals surface area contributed by atoms with Crippen molar-refractivity contribution in [2.24, 2.45) is 11.8 Å². The molecule has 2 amide bonds. The average molecular weight is 451 g/mol. The smallest absolute Gasteiger partial charge is 0.407 e. The Labute approximate surface area is 193 Å². The van der Waals surface area contributed by atoms with Crippen LogP contribution in [0.15, 0.2) is 48.5 Å². The molecule has 2 unspecified atom stereocenters. The fourth-order valence-corrected chi connectivity index (χ4v) is 4.77. The molecule has 7 heteroatoms. The molecule has 0 heterocycles. The molecule has 2 atom stereocenters. The van der Waals surface area contributed by atoms with E-state index in [1.54, 1.807) is 6.92 Å². The molecule has 2 aromatic carbocycles. The zero-order valence-corrected chi connectivity index (χ0v) is 18.8. The predicted octanol–water partition coefficient (Wildman–Crippen LogP) is 3.92. The molecule has 0 bridgehead atoms. The Kier molecular flexibility index (Phi) is 6.96. The number of alkyl carbamates (subject to hydrolysis) is 1. The van der Waals surface area contributed by atoms with Crippen molar-refractivity contribution < 1.29 is 24.2 Å². The van der Waals surface area contributed by atoms with Crippen LogP contribution in [0.3, 0.4) is 0 Å². The standard InChI is InChI=1S/C26H30N2O5/c1-2-23(24(29)27-14-21(25(30)31)16-8-7-9-16)28-26(32)33-15-22-19-12-5-3-10-17(19)18-11-4-6-13-20(18)22/h3-6,10-13,16,21-23H,2,7-9,14-15H2,1H3,(H,27,29)(H,28,32)(H,30,31). The lowest BCUT2D eigenvalue weighted by molar-refractivity contribution is -0.144. The molecule has 7 nitrogen and oxygen atoms in total. The number of nitrogens with one attached hydrogen (secondary N) is 2. The molecule has 3 N–H and O–H groups in total. The Morgan fingerprint density at radius 3 is 2.15 bits per heavy atom. The maximum atomic E-state index is 12.6. The number of aliphatic carboxylic acids is 1. The van der Waals surface area contributed by atoms with Crippen LogP contribution < -0.4 is 10.6 Å². The molecule has 2 aliphatic rings. The summed E-state index contributed by atoms with van der Waals surface area (Å²) in [5.74, 6) is -1.82. The van der Waals surface area contributed by atoms with Crippen LogP contribution in [0.25, 0.3) is 11.1 Å². The lowest BCUT2D eigenvalue weighted by Crippen LogP contribution is -2.49. The zero-order valence-electron chi connectivity index (χ0n) is 18.8. The van der Waals surface area contributed by atoms with E-state index in [0.29, 0.717) is 6.42 Å². The summed E-state index contributed by atoms with van der Waals surface area (Å²) in [7, 11) is 0. The number of hydrogen-bond donors (Lipinski definition) is 3. The number of amides is 2. The number of carbonyl (C=O) groups excluding carboxylic acids is 2. The van der Waals surface area contributed by atoms with Crippen LogP contribution in [0.2, 0.25) is 0 Å². The average Bonchev–Trinajstić information content (AvgIpc) is 3.10. The number of benzene rings is 2. The van der Waals surface area contributed by atoms with Crippen molar-refractivity contribution in [3.8, 4) is 11.1 Å². The Bertz CT molecular complexity index is 987. The predicted molar refractivity (Wildman–Crippen MR) is 124 cm³/mol. The highest BCUT2D eigenvalue weighted by atomic mass is 16.5. The summed E-state index contributed by atoms with van der Waals surface area (Å²) in [6.45, 7) is 2.02. The number of carboxylic acids is 1. The van der Waals surface area contributed by atoms with Gasteiger partial charge in [0.05, 0.1) is 5.92 Å². The lowest BCUT2D eigenvalue weighted by atomic mass is 9.76. The largest absolute Gasteiger partial charge is 0.481 e. The molecule has 0 aromatic heterocycles. The highest BCUT2D eigenvalue weighted by Crippen LogP contribution is 2.44. The summed E-state index contributed by atoms with van der Waals surface area (Å²) >= 11 is 0. The van der Waals surface area contributed by atoms with E-state index in [1.165, 1.54) is 0 Å². The van der Waals surface area contributed by atoms with Crippen molar-refractivity contribution in [1.29, 1.82) is 0 Å². The van der Waals surface area contributed by atoms with Crippen LogP contribution in [0.4, 0.5) is 4.79 Å². The first-order valence-electron chi connectivity index (χ1n) is 11.6. The van der Waals surface area contributed by atoms with Gasteiger partial charge < -0.3 is 20.5 Å². The minimum Gasteiger partial charge on any atom is -0.481 e. The van der Waals surface area contributed by atoms with Crippen molar-refractivity contribution >= 4 is 18.0 Å². The van der Waals surface area contributed by atoms with E-state index in [1.807, 2.05) is 36.4 Å². The normalized spacial score (nSPS) is 16.6. The molecular weight excluding hydrogens is 420 g/mol. The monoisotopic (exact) mass is 450 g/mol. The van der Waals surface area contributed by atoms with Crippen LogP contribution in [0.1, 0.15) is 49.7 Å². The van der Waals surface area contributed by atoms with Gasteiger partial charge >= 0.3 is 12.1 Å². The first-order chi connectivity index (χ1) is 16.0. The molecule has 1 saturated carbocycles. The van der Waals surface area contributed by atoms with Crippen molar-refractivity contribution in [3.05, 3.63) is 59.7 Å². The van der Waals surface area contributed by atoms with Crippen molar-refractivity contribution in [2.75, 3.05) is 13.2 Å². The van der Waals surface area contributed by atoms with E-state index in [-0.39, 0.29) is 25.0 Å². The first kappa shape index (κ1) is 22.8. The van der Waals surface area contributed by atoms with E-state index in [2.05, 4.69) is 22.8 Å². The molecule has 2 aromatic rings. The third-order valence-corrected chi connectivity index (χ3v) is 6.89.